The van der Waals surface area contributed by atoms with Gasteiger partial charge in [0.05, 0.1) is 23.7 Å². The van der Waals surface area contributed by atoms with Gasteiger partial charge in [-0.3, -0.25) is 4.90 Å². The summed E-state index contributed by atoms with van der Waals surface area (Å²) in [5.41, 5.74) is 4.05. The van der Waals surface area contributed by atoms with Gasteiger partial charge in [-0.15, -0.1) is 0 Å². The first-order valence-electron chi connectivity index (χ1n) is 8.69. The number of hydrogen-bond donors (Lipinski definition) is 1. The van der Waals surface area contributed by atoms with E-state index in [0.717, 1.165) is 34.9 Å². The van der Waals surface area contributed by atoms with Gasteiger partial charge in [-0.2, -0.15) is 5.10 Å². The van der Waals surface area contributed by atoms with Crippen LogP contribution >= 0.6 is 0 Å². The largest absolute Gasteiger partial charge is 0.468 e. The zero-order chi connectivity index (χ0) is 18.7. The fraction of sp³-hybridized carbons (Fsp3) is 0.350. The molecule has 0 aliphatic rings. The summed E-state index contributed by atoms with van der Waals surface area (Å²) < 4.78 is 20.6. The Balaban J connectivity index is 1.71. The number of aryl methyl sites for hydroxylation is 1. The van der Waals surface area contributed by atoms with Crippen molar-refractivity contribution in [1.82, 2.24) is 20.0 Å². The highest BCUT2D eigenvalue weighted by molar-refractivity contribution is 5.37. The second kappa shape index (κ2) is 7.85. The molecule has 0 aliphatic heterocycles. The molecule has 3 rings (SSSR count). The number of nitrogens with zero attached hydrogens (tertiary/aromatic N) is 3. The van der Waals surface area contributed by atoms with Gasteiger partial charge >= 0.3 is 0 Å². The molecule has 0 aliphatic carbocycles. The lowest BCUT2D eigenvalue weighted by atomic mass is 10.1. The van der Waals surface area contributed by atoms with Crippen molar-refractivity contribution in [2.24, 2.45) is 0 Å². The summed E-state index contributed by atoms with van der Waals surface area (Å²) >= 11 is 0. The van der Waals surface area contributed by atoms with Crippen LogP contribution in [-0.4, -0.2) is 35.3 Å². The van der Waals surface area contributed by atoms with Gasteiger partial charge in [0, 0.05) is 24.3 Å². The van der Waals surface area contributed by atoms with Crippen molar-refractivity contribution in [3.63, 3.8) is 0 Å². The Hall–Kier alpha value is -2.44. The van der Waals surface area contributed by atoms with E-state index in [4.69, 9.17) is 4.42 Å². The molecule has 0 spiro atoms. The van der Waals surface area contributed by atoms with E-state index >= 15 is 0 Å². The Kier molecular flexibility index (Phi) is 5.54. The summed E-state index contributed by atoms with van der Waals surface area (Å²) in [6, 6.07) is 10.5. The zero-order valence-corrected chi connectivity index (χ0v) is 15.7. The summed E-state index contributed by atoms with van der Waals surface area (Å²) in [7, 11) is 4.08. The van der Waals surface area contributed by atoms with Crippen molar-refractivity contribution in [2.45, 2.75) is 26.4 Å². The first kappa shape index (κ1) is 18.4. The van der Waals surface area contributed by atoms with Gasteiger partial charge in [0.15, 0.2) is 0 Å². The van der Waals surface area contributed by atoms with E-state index < -0.39 is 0 Å². The lowest BCUT2D eigenvalue weighted by Gasteiger charge is -2.22. The number of benzene rings is 1. The molecule has 0 saturated heterocycles. The summed E-state index contributed by atoms with van der Waals surface area (Å²) in [6.07, 6.45) is 1.70. The van der Waals surface area contributed by atoms with E-state index in [2.05, 4.69) is 15.3 Å². The maximum Gasteiger partial charge on any atom is 0.123 e. The molecule has 1 atom stereocenters. The molecule has 1 aromatic carbocycles. The molecule has 26 heavy (non-hydrogen) atoms. The van der Waals surface area contributed by atoms with Crippen LogP contribution in [0.1, 0.15) is 28.8 Å². The van der Waals surface area contributed by atoms with Crippen molar-refractivity contribution < 1.29 is 8.81 Å². The standard InChI is InChI=1S/C20H25FN4O/c1-14-18(12-22-13-19(24(3)4)20-6-5-11-26-20)15(2)25(23-14)17-9-7-16(21)8-10-17/h5-11,19,22H,12-13H2,1-4H3/t19-/m0/s1. The molecule has 2 aromatic heterocycles. The van der Waals surface area contributed by atoms with Crippen molar-refractivity contribution in [1.29, 1.82) is 0 Å². The molecular formula is C20H25FN4O. The van der Waals surface area contributed by atoms with Crippen LogP contribution in [0.25, 0.3) is 5.69 Å². The van der Waals surface area contributed by atoms with E-state index in [-0.39, 0.29) is 11.9 Å². The average Bonchev–Trinajstić information content (AvgIpc) is 3.22. The number of likely N-dealkylation sites (N-methyl/N-ethyl adjacent to an activating group) is 1. The molecule has 138 valence electrons. The third kappa shape index (κ3) is 3.86. The predicted molar refractivity (Wildman–Crippen MR) is 99.8 cm³/mol. The predicted octanol–water partition coefficient (Wildman–Crippen LogP) is 3.61. The van der Waals surface area contributed by atoms with Crippen LogP contribution in [0, 0.1) is 19.7 Å². The number of furan rings is 1. The normalized spacial score (nSPS) is 12.7. The number of nitrogens with one attached hydrogen (secondary N) is 1. The number of rotatable bonds is 7. The van der Waals surface area contributed by atoms with Gasteiger partial charge in [-0.05, 0) is 64.3 Å². The lowest BCUT2D eigenvalue weighted by molar-refractivity contribution is 0.250. The van der Waals surface area contributed by atoms with Gasteiger partial charge in [0.1, 0.15) is 11.6 Å². The third-order valence-electron chi connectivity index (χ3n) is 4.65. The fourth-order valence-electron chi connectivity index (χ4n) is 3.12. The van der Waals surface area contributed by atoms with Gasteiger partial charge in [-0.25, -0.2) is 9.07 Å². The van der Waals surface area contributed by atoms with Gasteiger partial charge < -0.3 is 9.73 Å². The molecule has 0 radical (unpaired) electrons. The maximum absolute atomic E-state index is 13.2. The first-order valence-corrected chi connectivity index (χ1v) is 8.69. The maximum atomic E-state index is 13.2. The molecular weight excluding hydrogens is 331 g/mol. The fourth-order valence-corrected chi connectivity index (χ4v) is 3.12. The number of halogens is 1. The smallest absolute Gasteiger partial charge is 0.123 e. The molecule has 0 fully saturated rings. The van der Waals surface area contributed by atoms with Crippen LogP contribution < -0.4 is 5.32 Å². The Morgan fingerprint density at radius 2 is 1.92 bits per heavy atom. The second-order valence-electron chi connectivity index (χ2n) is 6.66. The molecule has 1 N–H and O–H groups in total. The summed E-state index contributed by atoms with van der Waals surface area (Å²) in [5.74, 6) is 0.697. The number of hydrogen-bond acceptors (Lipinski definition) is 4. The molecule has 0 amide bonds. The minimum Gasteiger partial charge on any atom is -0.468 e. The van der Waals surface area contributed by atoms with E-state index in [9.17, 15) is 4.39 Å². The highest BCUT2D eigenvalue weighted by atomic mass is 19.1. The van der Waals surface area contributed by atoms with Crippen LogP contribution in [0.5, 0.6) is 0 Å². The van der Waals surface area contributed by atoms with Crippen molar-refractivity contribution in [3.05, 3.63) is 71.2 Å². The van der Waals surface area contributed by atoms with Crippen molar-refractivity contribution in [3.8, 4) is 5.69 Å². The summed E-state index contributed by atoms with van der Waals surface area (Å²) in [5, 5.41) is 8.13. The molecule has 2 heterocycles. The Morgan fingerprint density at radius 3 is 2.54 bits per heavy atom. The minimum atomic E-state index is -0.246. The zero-order valence-electron chi connectivity index (χ0n) is 15.7. The monoisotopic (exact) mass is 356 g/mol. The third-order valence-corrected chi connectivity index (χ3v) is 4.65. The molecule has 0 saturated carbocycles. The van der Waals surface area contributed by atoms with Crippen LogP contribution in [0.3, 0.4) is 0 Å². The van der Waals surface area contributed by atoms with Crippen molar-refractivity contribution >= 4 is 0 Å². The Bertz CT molecular complexity index is 838. The van der Waals surface area contributed by atoms with Crippen LogP contribution in [0.2, 0.25) is 0 Å². The lowest BCUT2D eigenvalue weighted by Crippen LogP contribution is -2.30. The molecule has 0 bridgehead atoms. The molecule has 0 unspecified atom stereocenters. The Labute approximate surface area is 153 Å². The van der Waals surface area contributed by atoms with E-state index in [0.29, 0.717) is 6.54 Å². The first-order chi connectivity index (χ1) is 12.5. The SMILES string of the molecule is Cc1nn(-c2ccc(F)cc2)c(C)c1CNC[C@@H](c1ccco1)N(C)C. The summed E-state index contributed by atoms with van der Waals surface area (Å²) in [4.78, 5) is 2.13. The van der Waals surface area contributed by atoms with Gasteiger partial charge in [0.2, 0.25) is 0 Å². The molecule has 5 nitrogen and oxygen atoms in total. The minimum absolute atomic E-state index is 0.165. The molecule has 3 aromatic rings. The van der Waals surface area contributed by atoms with E-state index in [1.165, 1.54) is 12.1 Å². The topological polar surface area (TPSA) is 46.2 Å². The quantitative estimate of drug-likeness (QED) is 0.702. The van der Waals surface area contributed by atoms with Gasteiger partial charge in [-0.1, -0.05) is 0 Å². The van der Waals surface area contributed by atoms with Crippen LogP contribution in [-0.2, 0) is 6.54 Å². The Morgan fingerprint density at radius 1 is 1.19 bits per heavy atom. The summed E-state index contributed by atoms with van der Waals surface area (Å²) in [6.45, 7) is 5.52. The van der Waals surface area contributed by atoms with Crippen LogP contribution in [0.4, 0.5) is 4.39 Å². The second-order valence-corrected chi connectivity index (χ2v) is 6.66. The number of aromatic nitrogens is 2. The van der Waals surface area contributed by atoms with E-state index in [1.54, 1.807) is 18.4 Å². The average molecular weight is 356 g/mol. The molecule has 6 heteroatoms. The van der Waals surface area contributed by atoms with Gasteiger partial charge in [0.25, 0.3) is 0 Å². The highest BCUT2D eigenvalue weighted by Gasteiger charge is 2.18. The highest BCUT2D eigenvalue weighted by Crippen LogP contribution is 2.20. The van der Waals surface area contributed by atoms with E-state index in [1.807, 2.05) is 44.8 Å². The van der Waals surface area contributed by atoms with Crippen LogP contribution in [0.15, 0.2) is 47.1 Å². The van der Waals surface area contributed by atoms with Crippen molar-refractivity contribution in [2.75, 3.05) is 20.6 Å².